The summed E-state index contributed by atoms with van der Waals surface area (Å²) < 4.78 is 5.05. The fraction of sp³-hybridized carbons (Fsp3) is 0.286. The molecule has 0 radical (unpaired) electrons. The summed E-state index contributed by atoms with van der Waals surface area (Å²) in [7, 11) is 1.47. The third kappa shape index (κ3) is 4.01. The molecule has 0 saturated carbocycles. The zero-order valence-corrected chi connectivity index (χ0v) is 13.0. The number of hydrogen-bond acceptors (Lipinski definition) is 6. The molecule has 9 heteroatoms. The molecule has 3 amide bonds. The van der Waals surface area contributed by atoms with Crippen LogP contribution in [0, 0.1) is 0 Å². The van der Waals surface area contributed by atoms with Crippen LogP contribution < -0.4 is 15.0 Å². The highest BCUT2D eigenvalue weighted by Crippen LogP contribution is 2.34. The number of benzene rings is 1. The first kappa shape index (κ1) is 16.8. The molecule has 0 aromatic heterocycles. The first-order valence-corrected chi connectivity index (χ1v) is 7.47. The van der Waals surface area contributed by atoms with Gasteiger partial charge >= 0.3 is 5.97 Å². The Balaban J connectivity index is 2.07. The molecule has 0 spiro atoms. The predicted octanol–water partition coefficient (Wildman–Crippen LogP) is 0.854. The second-order valence-corrected chi connectivity index (χ2v) is 5.78. The Morgan fingerprint density at radius 3 is 2.78 bits per heavy atom. The molecule has 0 aliphatic carbocycles. The Labute approximate surface area is 135 Å². The number of rotatable bonds is 6. The lowest BCUT2D eigenvalue weighted by Crippen LogP contribution is -2.35. The Kier molecular flexibility index (Phi) is 5.22. The number of methoxy groups -OCH3 is 1. The highest BCUT2D eigenvalue weighted by Gasteiger charge is 2.41. The lowest BCUT2D eigenvalue weighted by molar-refractivity contribution is -0.137. The van der Waals surface area contributed by atoms with Gasteiger partial charge in [0.25, 0.3) is 5.24 Å². The van der Waals surface area contributed by atoms with E-state index in [-0.39, 0.29) is 6.42 Å². The fourth-order valence-corrected chi connectivity index (χ4v) is 2.97. The van der Waals surface area contributed by atoms with Crippen LogP contribution in [0.2, 0.25) is 0 Å². The summed E-state index contributed by atoms with van der Waals surface area (Å²) in [4.78, 5) is 47.4. The molecule has 1 saturated heterocycles. The van der Waals surface area contributed by atoms with E-state index in [4.69, 9.17) is 9.84 Å². The van der Waals surface area contributed by atoms with Gasteiger partial charge in [-0.2, -0.15) is 0 Å². The molecular formula is C14H14N2O6S. The van der Waals surface area contributed by atoms with Gasteiger partial charge in [0, 0.05) is 12.5 Å². The second-order valence-electron chi connectivity index (χ2n) is 4.62. The number of hydrogen-bond donors (Lipinski definition) is 2. The number of nitrogens with one attached hydrogen (secondary N) is 1. The van der Waals surface area contributed by atoms with Crippen molar-refractivity contribution in [3.63, 3.8) is 0 Å². The molecule has 1 aliphatic heterocycles. The molecule has 122 valence electrons. The molecule has 23 heavy (non-hydrogen) atoms. The highest BCUT2D eigenvalue weighted by atomic mass is 32.2. The highest BCUT2D eigenvalue weighted by molar-refractivity contribution is 8.15. The van der Waals surface area contributed by atoms with Gasteiger partial charge < -0.3 is 15.2 Å². The van der Waals surface area contributed by atoms with Crippen molar-refractivity contribution in [1.29, 1.82) is 0 Å². The third-order valence-electron chi connectivity index (χ3n) is 3.04. The van der Waals surface area contributed by atoms with Crippen LogP contribution in [0.4, 0.5) is 10.5 Å². The molecule has 8 nitrogen and oxygen atoms in total. The summed E-state index contributed by atoms with van der Waals surface area (Å²) in [6, 6.07) is 6.46. The van der Waals surface area contributed by atoms with Gasteiger partial charge in [-0.3, -0.25) is 19.2 Å². The van der Waals surface area contributed by atoms with E-state index in [1.54, 1.807) is 24.3 Å². The number of aliphatic carboxylic acids is 1. The maximum Gasteiger partial charge on any atom is 0.322 e. The van der Waals surface area contributed by atoms with E-state index >= 15 is 0 Å². The van der Waals surface area contributed by atoms with Crippen molar-refractivity contribution >= 4 is 40.5 Å². The van der Waals surface area contributed by atoms with E-state index in [1.165, 1.54) is 7.11 Å². The minimum Gasteiger partial charge on any atom is -0.497 e. The molecular weight excluding hydrogens is 324 g/mol. The standard InChI is InChI=1S/C14H14N2O6S/c1-22-9-4-2-3-8(5-9)16-13(20)10(23-14(16)21)6-11(17)15-7-12(18)19/h2-5,10H,6-7H2,1H3,(H,15,17)(H,18,19). The number of amides is 3. The number of carboxylic acid groups (broad SMARTS) is 1. The van der Waals surface area contributed by atoms with Gasteiger partial charge in [0.1, 0.15) is 17.5 Å². The molecule has 1 aromatic carbocycles. The third-order valence-corrected chi connectivity index (χ3v) is 4.08. The largest absolute Gasteiger partial charge is 0.497 e. The van der Waals surface area contributed by atoms with Crippen LogP contribution >= 0.6 is 11.8 Å². The topological polar surface area (TPSA) is 113 Å². The normalized spacial score (nSPS) is 17.3. The number of nitrogens with zero attached hydrogens (tertiary/aromatic N) is 1. The second kappa shape index (κ2) is 7.14. The van der Waals surface area contributed by atoms with E-state index < -0.39 is 34.8 Å². The monoisotopic (exact) mass is 338 g/mol. The number of carbonyl (C=O) groups excluding carboxylic acids is 3. The van der Waals surface area contributed by atoms with Gasteiger partial charge in [0.2, 0.25) is 11.8 Å². The van der Waals surface area contributed by atoms with E-state index in [0.717, 1.165) is 16.7 Å². The molecule has 1 aromatic rings. The Hall–Kier alpha value is -2.55. The van der Waals surface area contributed by atoms with Crippen molar-refractivity contribution in [3.05, 3.63) is 24.3 Å². The SMILES string of the molecule is COc1cccc(N2C(=O)SC(CC(=O)NCC(=O)O)C2=O)c1. The minimum atomic E-state index is -1.18. The maximum absolute atomic E-state index is 12.3. The van der Waals surface area contributed by atoms with Crippen molar-refractivity contribution in [2.45, 2.75) is 11.7 Å². The van der Waals surface area contributed by atoms with Gasteiger partial charge in [0.15, 0.2) is 0 Å². The lowest BCUT2D eigenvalue weighted by atomic mass is 10.2. The first-order valence-electron chi connectivity index (χ1n) is 6.59. The van der Waals surface area contributed by atoms with Crippen molar-refractivity contribution in [2.24, 2.45) is 0 Å². The van der Waals surface area contributed by atoms with Gasteiger partial charge in [-0.15, -0.1) is 0 Å². The predicted molar refractivity (Wildman–Crippen MR) is 82.5 cm³/mol. The summed E-state index contributed by atoms with van der Waals surface area (Å²) in [6.07, 6.45) is -0.261. The molecule has 0 bridgehead atoms. The van der Waals surface area contributed by atoms with Crippen LogP contribution in [-0.2, 0) is 14.4 Å². The molecule has 2 N–H and O–H groups in total. The maximum atomic E-state index is 12.3. The van der Waals surface area contributed by atoms with Gasteiger partial charge in [-0.1, -0.05) is 6.07 Å². The van der Waals surface area contributed by atoms with Crippen LogP contribution in [0.5, 0.6) is 5.75 Å². The Morgan fingerprint density at radius 1 is 1.39 bits per heavy atom. The number of carbonyl (C=O) groups is 4. The molecule has 1 aliphatic rings. The minimum absolute atomic E-state index is 0.261. The lowest BCUT2D eigenvalue weighted by Gasteiger charge is -2.14. The summed E-state index contributed by atoms with van der Waals surface area (Å²) in [6.45, 7) is -0.530. The van der Waals surface area contributed by atoms with E-state index in [1.807, 2.05) is 0 Å². The molecule has 1 unspecified atom stereocenters. The van der Waals surface area contributed by atoms with Gasteiger partial charge in [-0.25, -0.2) is 4.90 Å². The summed E-state index contributed by atoms with van der Waals surface area (Å²) >= 11 is 0.741. The zero-order valence-electron chi connectivity index (χ0n) is 12.1. The van der Waals surface area contributed by atoms with Gasteiger partial charge in [0.05, 0.1) is 12.8 Å². The average Bonchev–Trinajstić information content (AvgIpc) is 2.79. The molecule has 1 atom stereocenters. The van der Waals surface area contributed by atoms with Crippen molar-refractivity contribution in [1.82, 2.24) is 5.32 Å². The van der Waals surface area contributed by atoms with Crippen molar-refractivity contribution in [2.75, 3.05) is 18.6 Å². The van der Waals surface area contributed by atoms with Crippen LogP contribution in [0.1, 0.15) is 6.42 Å². The number of carboxylic acids is 1. The molecule has 1 fully saturated rings. The quantitative estimate of drug-likeness (QED) is 0.790. The van der Waals surface area contributed by atoms with Gasteiger partial charge in [-0.05, 0) is 23.9 Å². The average molecular weight is 338 g/mol. The number of anilines is 1. The summed E-state index contributed by atoms with van der Waals surface area (Å²) in [5, 5.41) is 9.30. The van der Waals surface area contributed by atoms with Crippen LogP contribution in [-0.4, -0.2) is 47.0 Å². The zero-order chi connectivity index (χ0) is 17.0. The number of thioether (sulfide) groups is 1. The Bertz CT molecular complexity index is 662. The molecule has 2 rings (SSSR count). The van der Waals surface area contributed by atoms with E-state index in [0.29, 0.717) is 11.4 Å². The Morgan fingerprint density at radius 2 is 2.13 bits per heavy atom. The van der Waals surface area contributed by atoms with E-state index in [2.05, 4.69) is 5.32 Å². The van der Waals surface area contributed by atoms with Crippen LogP contribution in [0.25, 0.3) is 0 Å². The number of ether oxygens (including phenoxy) is 1. The van der Waals surface area contributed by atoms with Crippen LogP contribution in [0.3, 0.4) is 0 Å². The first-order chi connectivity index (χ1) is 10.9. The fourth-order valence-electron chi connectivity index (χ4n) is 1.98. The van der Waals surface area contributed by atoms with Crippen molar-refractivity contribution < 1.29 is 29.0 Å². The smallest absolute Gasteiger partial charge is 0.322 e. The summed E-state index contributed by atoms with van der Waals surface area (Å²) in [5.74, 6) is -1.80. The number of imide groups is 1. The van der Waals surface area contributed by atoms with E-state index in [9.17, 15) is 19.2 Å². The summed E-state index contributed by atoms with van der Waals surface area (Å²) in [5.41, 5.74) is 0.361. The molecule has 1 heterocycles. The van der Waals surface area contributed by atoms with Crippen molar-refractivity contribution in [3.8, 4) is 5.75 Å². The van der Waals surface area contributed by atoms with Crippen LogP contribution in [0.15, 0.2) is 24.3 Å².